The lowest BCUT2D eigenvalue weighted by atomic mass is 10.2. The van der Waals surface area contributed by atoms with E-state index in [0.29, 0.717) is 10.9 Å². The average molecular weight is 279 g/mol. The Kier molecular flexibility index (Phi) is 4.00. The Morgan fingerprint density at radius 1 is 1.25 bits per heavy atom. The summed E-state index contributed by atoms with van der Waals surface area (Å²) in [6.45, 7) is 3.27. The van der Waals surface area contributed by atoms with E-state index in [-0.39, 0.29) is 0 Å². The van der Waals surface area contributed by atoms with Gasteiger partial charge in [-0.15, -0.1) is 0 Å². The van der Waals surface area contributed by atoms with Crippen LogP contribution in [-0.4, -0.2) is 21.7 Å². The normalized spacial score (nSPS) is 13.2. The standard InChI is InChI=1S/C10H12ClO3PS/c1-15(2,12)10-6-4-3-5-9(10)7-8-16(11,13)14/h3-8H,1-2H3/b8-7+. The zero-order valence-electron chi connectivity index (χ0n) is 8.92. The Balaban J connectivity index is 3.26. The van der Waals surface area contributed by atoms with Crippen molar-refractivity contribution in [2.24, 2.45) is 0 Å². The quantitative estimate of drug-likeness (QED) is 0.630. The summed E-state index contributed by atoms with van der Waals surface area (Å²) in [7, 11) is -1.04. The first-order chi connectivity index (χ1) is 7.20. The van der Waals surface area contributed by atoms with Gasteiger partial charge in [0.15, 0.2) is 0 Å². The number of hydrogen-bond donors (Lipinski definition) is 0. The van der Waals surface area contributed by atoms with Gasteiger partial charge >= 0.3 is 0 Å². The molecule has 88 valence electrons. The van der Waals surface area contributed by atoms with Gasteiger partial charge in [-0.05, 0) is 25.0 Å². The topological polar surface area (TPSA) is 51.2 Å². The molecular weight excluding hydrogens is 267 g/mol. The molecule has 0 saturated heterocycles. The fourth-order valence-electron chi connectivity index (χ4n) is 1.27. The second-order valence-electron chi connectivity index (χ2n) is 3.69. The Hall–Kier alpha value is -0.570. The van der Waals surface area contributed by atoms with E-state index in [1.165, 1.54) is 6.08 Å². The first-order valence-corrected chi connectivity index (χ1v) is 9.45. The van der Waals surface area contributed by atoms with Crippen molar-refractivity contribution in [3.63, 3.8) is 0 Å². The number of hydrogen-bond acceptors (Lipinski definition) is 3. The van der Waals surface area contributed by atoms with E-state index in [2.05, 4.69) is 0 Å². The molecule has 0 aliphatic rings. The maximum Gasteiger partial charge on any atom is 0.254 e. The summed E-state index contributed by atoms with van der Waals surface area (Å²) in [5.74, 6) is 0. The predicted octanol–water partition coefficient (Wildman–Crippen LogP) is 2.47. The molecule has 0 aromatic heterocycles. The van der Waals surface area contributed by atoms with Gasteiger partial charge in [-0.3, -0.25) is 0 Å². The molecule has 6 heteroatoms. The van der Waals surface area contributed by atoms with Crippen molar-refractivity contribution in [1.29, 1.82) is 0 Å². The van der Waals surface area contributed by atoms with Crippen LogP contribution in [0.25, 0.3) is 6.08 Å². The van der Waals surface area contributed by atoms with Crippen LogP contribution in [0.5, 0.6) is 0 Å². The van der Waals surface area contributed by atoms with Gasteiger partial charge in [-0.25, -0.2) is 8.42 Å². The van der Waals surface area contributed by atoms with Gasteiger partial charge in [0.1, 0.15) is 7.14 Å². The van der Waals surface area contributed by atoms with E-state index >= 15 is 0 Å². The smallest absolute Gasteiger partial charge is 0.254 e. The third-order valence-electron chi connectivity index (χ3n) is 1.93. The van der Waals surface area contributed by atoms with E-state index in [4.69, 9.17) is 10.7 Å². The number of halogens is 1. The van der Waals surface area contributed by atoms with Crippen LogP contribution in [0, 0.1) is 0 Å². The SMILES string of the molecule is CP(C)(=O)c1ccccc1/C=C/S(=O)(=O)Cl. The summed E-state index contributed by atoms with van der Waals surface area (Å²) in [4.78, 5) is 0. The van der Waals surface area contributed by atoms with Crippen LogP contribution in [-0.2, 0) is 13.6 Å². The molecule has 0 aliphatic carbocycles. The third kappa shape index (κ3) is 4.12. The highest BCUT2D eigenvalue weighted by Gasteiger charge is 2.14. The molecule has 3 nitrogen and oxygen atoms in total. The van der Waals surface area contributed by atoms with Crippen molar-refractivity contribution >= 4 is 38.3 Å². The van der Waals surface area contributed by atoms with Crippen LogP contribution in [0.4, 0.5) is 0 Å². The summed E-state index contributed by atoms with van der Waals surface area (Å²) in [5.41, 5.74) is 0.611. The van der Waals surface area contributed by atoms with Crippen molar-refractivity contribution in [2.45, 2.75) is 0 Å². The summed E-state index contributed by atoms with van der Waals surface area (Å²) in [5, 5.41) is 1.54. The molecular formula is C10H12ClO3PS. The van der Waals surface area contributed by atoms with Gasteiger partial charge in [0.2, 0.25) is 0 Å². The molecule has 16 heavy (non-hydrogen) atoms. The molecule has 1 aromatic rings. The number of benzene rings is 1. The van der Waals surface area contributed by atoms with Crippen LogP contribution in [0.3, 0.4) is 0 Å². The zero-order valence-corrected chi connectivity index (χ0v) is 11.4. The van der Waals surface area contributed by atoms with Crippen LogP contribution in [0.1, 0.15) is 5.56 Å². The van der Waals surface area contributed by atoms with Crippen molar-refractivity contribution in [1.82, 2.24) is 0 Å². The first-order valence-electron chi connectivity index (χ1n) is 4.47. The molecule has 0 N–H and O–H groups in total. The fraction of sp³-hybridized carbons (Fsp3) is 0.200. The first kappa shape index (κ1) is 13.5. The molecule has 0 radical (unpaired) electrons. The lowest BCUT2D eigenvalue weighted by molar-refractivity contribution is 0.588. The fourth-order valence-corrected chi connectivity index (χ4v) is 2.95. The van der Waals surface area contributed by atoms with Gasteiger partial charge in [-0.2, -0.15) is 0 Å². The Bertz CT molecular complexity index is 557. The minimum atomic E-state index is -3.68. The minimum absolute atomic E-state index is 0.611. The van der Waals surface area contributed by atoms with Gasteiger partial charge < -0.3 is 4.57 Å². The van der Waals surface area contributed by atoms with Crippen molar-refractivity contribution in [3.8, 4) is 0 Å². The maximum absolute atomic E-state index is 11.9. The van der Waals surface area contributed by atoms with Crippen molar-refractivity contribution in [2.75, 3.05) is 13.3 Å². The second-order valence-corrected chi connectivity index (χ2v) is 9.39. The molecule has 0 amide bonds. The van der Waals surface area contributed by atoms with Gasteiger partial charge in [0, 0.05) is 21.4 Å². The summed E-state index contributed by atoms with van der Waals surface area (Å²) in [6, 6.07) is 6.94. The Morgan fingerprint density at radius 3 is 2.31 bits per heavy atom. The molecule has 1 rings (SSSR count). The second kappa shape index (κ2) is 4.74. The lowest BCUT2D eigenvalue weighted by Crippen LogP contribution is -2.06. The molecule has 0 spiro atoms. The van der Waals surface area contributed by atoms with E-state index in [1.54, 1.807) is 37.6 Å². The van der Waals surface area contributed by atoms with Crippen molar-refractivity contribution in [3.05, 3.63) is 35.2 Å². The van der Waals surface area contributed by atoms with Gasteiger partial charge in [-0.1, -0.05) is 24.3 Å². The molecule has 0 fully saturated rings. The molecule has 0 bridgehead atoms. The van der Waals surface area contributed by atoms with Crippen LogP contribution >= 0.6 is 17.8 Å². The highest BCUT2D eigenvalue weighted by molar-refractivity contribution is 8.16. The highest BCUT2D eigenvalue weighted by atomic mass is 35.7. The van der Waals surface area contributed by atoms with E-state index in [9.17, 15) is 13.0 Å². The zero-order chi connectivity index (χ0) is 12.4. The average Bonchev–Trinajstić information content (AvgIpc) is 2.12. The van der Waals surface area contributed by atoms with Crippen molar-refractivity contribution < 1.29 is 13.0 Å². The van der Waals surface area contributed by atoms with E-state index in [1.807, 2.05) is 0 Å². The molecule has 0 saturated carbocycles. The molecule has 0 unspecified atom stereocenters. The summed E-state index contributed by atoms with van der Waals surface area (Å²) < 4.78 is 33.5. The highest BCUT2D eigenvalue weighted by Crippen LogP contribution is 2.36. The van der Waals surface area contributed by atoms with E-state index < -0.39 is 16.2 Å². The minimum Gasteiger partial charge on any atom is -0.319 e. The van der Waals surface area contributed by atoms with Gasteiger partial charge in [0.05, 0.1) is 0 Å². The molecule has 0 heterocycles. The maximum atomic E-state index is 11.9. The van der Waals surface area contributed by atoms with Crippen LogP contribution < -0.4 is 5.30 Å². The van der Waals surface area contributed by atoms with Crippen LogP contribution in [0.2, 0.25) is 0 Å². The van der Waals surface area contributed by atoms with Gasteiger partial charge in [0.25, 0.3) is 9.05 Å². The summed E-state index contributed by atoms with van der Waals surface area (Å²) >= 11 is 0. The Labute approximate surface area is 99.9 Å². The van der Waals surface area contributed by atoms with E-state index in [0.717, 1.165) is 5.41 Å². The predicted molar refractivity (Wildman–Crippen MR) is 69.3 cm³/mol. The number of rotatable bonds is 3. The lowest BCUT2D eigenvalue weighted by Gasteiger charge is -2.09. The molecule has 1 aromatic carbocycles. The summed E-state index contributed by atoms with van der Waals surface area (Å²) in [6.07, 6.45) is 1.36. The monoisotopic (exact) mass is 278 g/mol. The Morgan fingerprint density at radius 2 is 1.81 bits per heavy atom. The third-order valence-corrected chi connectivity index (χ3v) is 4.26. The molecule has 0 atom stereocenters. The molecule has 0 aliphatic heterocycles. The van der Waals surface area contributed by atoms with Crippen LogP contribution in [0.15, 0.2) is 29.7 Å². The largest absolute Gasteiger partial charge is 0.319 e.